The van der Waals surface area contributed by atoms with E-state index in [1.807, 2.05) is 26.0 Å². The number of hydrogen-bond acceptors (Lipinski definition) is 3. The molecule has 18 heavy (non-hydrogen) atoms. The fourth-order valence-electron chi connectivity index (χ4n) is 1.71. The number of aromatic nitrogens is 1. The second-order valence-electron chi connectivity index (χ2n) is 4.11. The van der Waals surface area contributed by atoms with Gasteiger partial charge in [-0.05, 0) is 43.2 Å². The molecule has 0 atom stereocenters. The summed E-state index contributed by atoms with van der Waals surface area (Å²) in [4.78, 5) is 4.00. The van der Waals surface area contributed by atoms with E-state index in [4.69, 9.17) is 21.4 Å². The van der Waals surface area contributed by atoms with Crippen molar-refractivity contribution in [3.63, 3.8) is 0 Å². The normalized spacial score (nSPS) is 10.4. The van der Waals surface area contributed by atoms with Gasteiger partial charge in [0.15, 0.2) is 0 Å². The van der Waals surface area contributed by atoms with Crippen LogP contribution in [0.1, 0.15) is 16.8 Å². The summed E-state index contributed by atoms with van der Waals surface area (Å²) in [6.07, 6.45) is 1.61. The first-order valence-corrected chi connectivity index (χ1v) is 5.98. The van der Waals surface area contributed by atoms with Gasteiger partial charge in [-0.25, -0.2) is 0 Å². The summed E-state index contributed by atoms with van der Waals surface area (Å²) in [5, 5.41) is 9.77. The lowest BCUT2D eigenvalue weighted by Crippen LogP contribution is -1.92. The molecule has 1 aromatic carbocycles. The van der Waals surface area contributed by atoms with Crippen molar-refractivity contribution in [2.75, 3.05) is 0 Å². The Morgan fingerprint density at radius 2 is 1.83 bits per heavy atom. The fourth-order valence-corrected chi connectivity index (χ4v) is 1.82. The summed E-state index contributed by atoms with van der Waals surface area (Å²) in [5.41, 5.74) is 2.53. The Hall–Kier alpha value is -1.58. The first-order chi connectivity index (χ1) is 8.60. The van der Waals surface area contributed by atoms with Crippen LogP contribution >= 0.6 is 11.6 Å². The zero-order valence-corrected chi connectivity index (χ0v) is 11.0. The van der Waals surface area contributed by atoms with Crippen LogP contribution in [-0.2, 0) is 6.61 Å². The van der Waals surface area contributed by atoms with Gasteiger partial charge in [-0.1, -0.05) is 11.6 Å². The average molecular weight is 264 g/mol. The van der Waals surface area contributed by atoms with E-state index in [2.05, 4.69) is 4.98 Å². The number of aliphatic hydroxyl groups is 1. The molecule has 0 saturated carbocycles. The van der Waals surface area contributed by atoms with Crippen molar-refractivity contribution >= 4 is 11.6 Å². The molecule has 1 heterocycles. The Labute approximate surface area is 111 Å². The van der Waals surface area contributed by atoms with E-state index in [-0.39, 0.29) is 6.61 Å². The maximum absolute atomic E-state index is 9.02. The SMILES string of the molecule is Cc1cc(Oc2ccnc(CO)c2)cc(C)c1Cl. The molecule has 94 valence electrons. The van der Waals surface area contributed by atoms with Crippen LogP contribution in [0.3, 0.4) is 0 Å². The highest BCUT2D eigenvalue weighted by Crippen LogP contribution is 2.29. The number of rotatable bonds is 3. The van der Waals surface area contributed by atoms with Gasteiger partial charge >= 0.3 is 0 Å². The fraction of sp³-hybridized carbons (Fsp3) is 0.214. The van der Waals surface area contributed by atoms with Crippen LogP contribution in [0.25, 0.3) is 0 Å². The molecular formula is C14H14ClNO2. The van der Waals surface area contributed by atoms with Crippen LogP contribution < -0.4 is 4.74 Å². The van der Waals surface area contributed by atoms with E-state index in [9.17, 15) is 0 Å². The van der Waals surface area contributed by atoms with Gasteiger partial charge in [0.25, 0.3) is 0 Å². The summed E-state index contributed by atoms with van der Waals surface area (Å²) in [6, 6.07) is 7.22. The van der Waals surface area contributed by atoms with Crippen LogP contribution in [0.4, 0.5) is 0 Å². The number of nitrogens with zero attached hydrogens (tertiary/aromatic N) is 1. The Kier molecular flexibility index (Phi) is 3.84. The van der Waals surface area contributed by atoms with Gasteiger partial charge < -0.3 is 9.84 Å². The topological polar surface area (TPSA) is 42.4 Å². The van der Waals surface area contributed by atoms with Gasteiger partial charge in [0.1, 0.15) is 11.5 Å². The Morgan fingerprint density at radius 1 is 1.17 bits per heavy atom. The predicted octanol–water partition coefficient (Wildman–Crippen LogP) is 3.64. The molecule has 0 unspecified atom stereocenters. The van der Waals surface area contributed by atoms with E-state index in [0.29, 0.717) is 11.4 Å². The minimum absolute atomic E-state index is 0.101. The van der Waals surface area contributed by atoms with Crippen molar-refractivity contribution in [2.45, 2.75) is 20.5 Å². The molecule has 0 bridgehead atoms. The summed E-state index contributed by atoms with van der Waals surface area (Å²) < 4.78 is 5.73. The summed E-state index contributed by atoms with van der Waals surface area (Å²) in [5.74, 6) is 1.37. The smallest absolute Gasteiger partial charge is 0.130 e. The Balaban J connectivity index is 2.28. The molecule has 0 spiro atoms. The summed E-state index contributed by atoms with van der Waals surface area (Å²) in [7, 11) is 0. The van der Waals surface area contributed by atoms with Crippen LogP contribution in [-0.4, -0.2) is 10.1 Å². The maximum atomic E-state index is 9.02. The number of ether oxygens (including phenoxy) is 1. The first-order valence-electron chi connectivity index (χ1n) is 5.60. The second-order valence-corrected chi connectivity index (χ2v) is 4.49. The van der Waals surface area contributed by atoms with E-state index >= 15 is 0 Å². The lowest BCUT2D eigenvalue weighted by atomic mass is 10.1. The molecule has 4 heteroatoms. The third-order valence-electron chi connectivity index (χ3n) is 2.60. The lowest BCUT2D eigenvalue weighted by Gasteiger charge is -2.10. The molecule has 1 aromatic heterocycles. The van der Waals surface area contributed by atoms with Gasteiger partial charge in [-0.15, -0.1) is 0 Å². The van der Waals surface area contributed by atoms with Gasteiger partial charge in [0.05, 0.1) is 12.3 Å². The van der Waals surface area contributed by atoms with Crippen molar-refractivity contribution in [3.05, 3.63) is 52.3 Å². The monoisotopic (exact) mass is 263 g/mol. The van der Waals surface area contributed by atoms with Crippen molar-refractivity contribution in [3.8, 4) is 11.5 Å². The Bertz CT molecular complexity index is 546. The highest BCUT2D eigenvalue weighted by molar-refractivity contribution is 6.32. The van der Waals surface area contributed by atoms with Crippen LogP contribution in [0.2, 0.25) is 5.02 Å². The maximum Gasteiger partial charge on any atom is 0.130 e. The predicted molar refractivity (Wildman–Crippen MR) is 71.2 cm³/mol. The van der Waals surface area contributed by atoms with Crippen molar-refractivity contribution in [1.82, 2.24) is 4.98 Å². The summed E-state index contributed by atoms with van der Waals surface area (Å²) in [6.45, 7) is 3.78. The van der Waals surface area contributed by atoms with Gasteiger partial charge in [-0.3, -0.25) is 4.98 Å². The van der Waals surface area contributed by atoms with E-state index in [1.54, 1.807) is 18.3 Å². The zero-order valence-electron chi connectivity index (χ0n) is 10.3. The van der Waals surface area contributed by atoms with Crippen LogP contribution in [0.5, 0.6) is 11.5 Å². The van der Waals surface area contributed by atoms with Crippen molar-refractivity contribution in [1.29, 1.82) is 0 Å². The highest BCUT2D eigenvalue weighted by Gasteiger charge is 2.05. The first kappa shape index (κ1) is 12.9. The van der Waals surface area contributed by atoms with Gasteiger partial charge in [-0.2, -0.15) is 0 Å². The van der Waals surface area contributed by atoms with Gasteiger partial charge in [0, 0.05) is 17.3 Å². The highest BCUT2D eigenvalue weighted by atomic mass is 35.5. The molecule has 3 nitrogen and oxygen atoms in total. The number of hydrogen-bond donors (Lipinski definition) is 1. The third-order valence-corrected chi connectivity index (χ3v) is 3.19. The minimum Gasteiger partial charge on any atom is -0.457 e. The Morgan fingerprint density at radius 3 is 2.44 bits per heavy atom. The van der Waals surface area contributed by atoms with E-state index in [1.165, 1.54) is 0 Å². The number of pyridine rings is 1. The standard InChI is InChI=1S/C14H14ClNO2/c1-9-5-13(6-10(2)14(9)15)18-12-3-4-16-11(7-12)8-17/h3-7,17H,8H2,1-2H3. The molecule has 0 aliphatic carbocycles. The lowest BCUT2D eigenvalue weighted by molar-refractivity contribution is 0.276. The molecule has 0 saturated heterocycles. The largest absolute Gasteiger partial charge is 0.457 e. The molecule has 0 radical (unpaired) electrons. The number of halogens is 1. The molecule has 1 N–H and O–H groups in total. The van der Waals surface area contributed by atoms with Gasteiger partial charge in [0.2, 0.25) is 0 Å². The number of aryl methyl sites for hydroxylation is 2. The second kappa shape index (κ2) is 5.38. The third kappa shape index (κ3) is 2.81. The minimum atomic E-state index is -0.101. The summed E-state index contributed by atoms with van der Waals surface area (Å²) >= 11 is 6.10. The number of benzene rings is 1. The van der Waals surface area contributed by atoms with Crippen molar-refractivity contribution in [2.24, 2.45) is 0 Å². The molecule has 2 aromatic rings. The average Bonchev–Trinajstić information content (AvgIpc) is 2.36. The van der Waals surface area contributed by atoms with E-state index in [0.717, 1.165) is 21.9 Å². The quantitative estimate of drug-likeness (QED) is 0.919. The molecule has 0 aliphatic heterocycles. The zero-order chi connectivity index (χ0) is 13.1. The van der Waals surface area contributed by atoms with Crippen LogP contribution in [0, 0.1) is 13.8 Å². The molecule has 2 rings (SSSR count). The van der Waals surface area contributed by atoms with E-state index < -0.39 is 0 Å². The molecule has 0 amide bonds. The van der Waals surface area contributed by atoms with Crippen LogP contribution in [0.15, 0.2) is 30.5 Å². The van der Waals surface area contributed by atoms with Crippen molar-refractivity contribution < 1.29 is 9.84 Å². The molecule has 0 aliphatic rings. The molecular weight excluding hydrogens is 250 g/mol. The number of aliphatic hydroxyl groups excluding tert-OH is 1. The molecule has 0 fully saturated rings.